The predicted octanol–water partition coefficient (Wildman–Crippen LogP) is 1.82. The molecule has 1 fully saturated rings. The van der Waals surface area contributed by atoms with E-state index < -0.39 is 0 Å². The fourth-order valence-corrected chi connectivity index (χ4v) is 2.18. The van der Waals surface area contributed by atoms with E-state index in [1.54, 1.807) is 4.90 Å². The van der Waals surface area contributed by atoms with E-state index in [9.17, 15) is 9.18 Å². The molecular formula is C12H13ClFNO2. The van der Waals surface area contributed by atoms with Gasteiger partial charge < -0.3 is 10.0 Å². The zero-order chi connectivity index (χ0) is 12.4. The molecule has 0 aromatic heterocycles. The van der Waals surface area contributed by atoms with Crippen LogP contribution in [0.5, 0.6) is 0 Å². The van der Waals surface area contributed by atoms with Gasteiger partial charge in [0.2, 0.25) is 5.91 Å². The first-order valence-corrected chi connectivity index (χ1v) is 5.80. The van der Waals surface area contributed by atoms with Crippen molar-refractivity contribution in [2.45, 2.75) is 13.0 Å². The molecule has 1 aromatic rings. The summed E-state index contributed by atoms with van der Waals surface area (Å²) in [6.07, 6.45) is 0.351. The molecule has 1 atom stereocenters. The van der Waals surface area contributed by atoms with Crippen LogP contribution in [0, 0.1) is 11.7 Å². The number of aliphatic hydroxyl groups excluding tert-OH is 1. The van der Waals surface area contributed by atoms with E-state index in [-0.39, 0.29) is 24.2 Å². The second-order valence-corrected chi connectivity index (χ2v) is 4.67. The predicted molar refractivity (Wildman–Crippen MR) is 62.0 cm³/mol. The molecule has 0 saturated carbocycles. The van der Waals surface area contributed by atoms with Crippen LogP contribution in [-0.2, 0) is 11.3 Å². The van der Waals surface area contributed by atoms with E-state index in [2.05, 4.69) is 0 Å². The Kier molecular flexibility index (Phi) is 3.64. The molecule has 1 aromatic carbocycles. The van der Waals surface area contributed by atoms with E-state index in [1.165, 1.54) is 18.2 Å². The fraction of sp³-hybridized carbons (Fsp3) is 0.417. The number of carbonyl (C=O) groups excluding carboxylic acids is 1. The number of hydrogen-bond donors (Lipinski definition) is 1. The maximum atomic E-state index is 13.1. The molecule has 1 unspecified atom stereocenters. The first-order valence-electron chi connectivity index (χ1n) is 5.42. The number of nitrogens with zero attached hydrogens (tertiary/aromatic N) is 1. The van der Waals surface area contributed by atoms with Crippen LogP contribution in [0.15, 0.2) is 18.2 Å². The lowest BCUT2D eigenvalue weighted by Crippen LogP contribution is -2.25. The molecule has 1 aliphatic heterocycles. The highest BCUT2D eigenvalue weighted by atomic mass is 35.5. The molecule has 0 spiro atoms. The van der Waals surface area contributed by atoms with Gasteiger partial charge in [-0.05, 0) is 23.8 Å². The lowest BCUT2D eigenvalue weighted by Gasteiger charge is -2.17. The molecule has 2 rings (SSSR count). The maximum absolute atomic E-state index is 13.1. The molecular weight excluding hydrogens is 245 g/mol. The molecule has 1 amide bonds. The first-order chi connectivity index (χ1) is 8.10. The fourth-order valence-electron chi connectivity index (χ4n) is 2.00. The summed E-state index contributed by atoms with van der Waals surface area (Å²) >= 11 is 5.94. The molecule has 17 heavy (non-hydrogen) atoms. The summed E-state index contributed by atoms with van der Waals surface area (Å²) in [5, 5.41) is 9.45. The highest BCUT2D eigenvalue weighted by molar-refractivity contribution is 6.31. The van der Waals surface area contributed by atoms with E-state index in [0.717, 1.165) is 0 Å². The Balaban J connectivity index is 2.11. The third kappa shape index (κ3) is 2.76. The number of hydrogen-bond acceptors (Lipinski definition) is 2. The summed E-state index contributed by atoms with van der Waals surface area (Å²) in [4.78, 5) is 13.2. The van der Waals surface area contributed by atoms with Crippen LogP contribution in [-0.4, -0.2) is 29.1 Å². The lowest BCUT2D eigenvalue weighted by atomic mass is 10.1. The van der Waals surface area contributed by atoms with Crippen LogP contribution in [0.1, 0.15) is 12.0 Å². The topological polar surface area (TPSA) is 40.5 Å². The minimum atomic E-state index is -0.366. The number of rotatable bonds is 3. The second-order valence-electron chi connectivity index (χ2n) is 4.26. The van der Waals surface area contributed by atoms with Gasteiger partial charge in [-0.25, -0.2) is 4.39 Å². The Hall–Kier alpha value is -1.13. The average molecular weight is 258 g/mol. The Morgan fingerprint density at radius 2 is 2.29 bits per heavy atom. The van der Waals surface area contributed by atoms with Crippen molar-refractivity contribution in [3.05, 3.63) is 34.6 Å². The molecule has 0 aliphatic carbocycles. The van der Waals surface area contributed by atoms with E-state index >= 15 is 0 Å². The Morgan fingerprint density at radius 1 is 1.53 bits per heavy atom. The van der Waals surface area contributed by atoms with Crippen molar-refractivity contribution in [3.63, 3.8) is 0 Å². The third-order valence-corrected chi connectivity index (χ3v) is 3.29. The molecule has 1 saturated heterocycles. The summed E-state index contributed by atoms with van der Waals surface area (Å²) < 4.78 is 13.1. The van der Waals surface area contributed by atoms with E-state index in [4.69, 9.17) is 16.7 Å². The van der Waals surface area contributed by atoms with Crippen LogP contribution < -0.4 is 0 Å². The SMILES string of the molecule is O=C1CC(CO)CN1Cc1cc(F)ccc1Cl. The van der Waals surface area contributed by atoms with Gasteiger partial charge in [0.15, 0.2) is 0 Å². The molecule has 1 aliphatic rings. The molecule has 1 heterocycles. The quantitative estimate of drug-likeness (QED) is 0.897. The third-order valence-electron chi connectivity index (χ3n) is 2.92. The highest BCUT2D eigenvalue weighted by Gasteiger charge is 2.29. The molecule has 5 heteroatoms. The van der Waals surface area contributed by atoms with Crippen molar-refractivity contribution in [1.82, 2.24) is 4.90 Å². The van der Waals surface area contributed by atoms with Crippen LogP contribution in [0.2, 0.25) is 5.02 Å². The van der Waals surface area contributed by atoms with Gasteiger partial charge in [0, 0.05) is 37.1 Å². The van der Waals surface area contributed by atoms with Gasteiger partial charge in [0.25, 0.3) is 0 Å². The Bertz CT molecular complexity index is 439. The standard InChI is InChI=1S/C12H13ClFNO2/c13-11-2-1-10(14)4-9(11)6-15-5-8(7-16)3-12(15)17/h1-2,4,8,16H,3,5-7H2. The van der Waals surface area contributed by atoms with E-state index in [1.807, 2.05) is 0 Å². The molecule has 92 valence electrons. The van der Waals surface area contributed by atoms with Gasteiger partial charge in [-0.1, -0.05) is 11.6 Å². The van der Waals surface area contributed by atoms with Crippen molar-refractivity contribution in [2.24, 2.45) is 5.92 Å². The van der Waals surface area contributed by atoms with Crippen LogP contribution in [0.25, 0.3) is 0 Å². The highest BCUT2D eigenvalue weighted by Crippen LogP contribution is 2.23. The van der Waals surface area contributed by atoms with Gasteiger partial charge in [-0.2, -0.15) is 0 Å². The number of aliphatic hydroxyl groups is 1. The van der Waals surface area contributed by atoms with Gasteiger partial charge in [-0.15, -0.1) is 0 Å². The largest absolute Gasteiger partial charge is 0.396 e. The second kappa shape index (κ2) is 5.02. The molecule has 1 N–H and O–H groups in total. The van der Waals surface area contributed by atoms with Gasteiger partial charge in [0.1, 0.15) is 5.82 Å². The number of benzene rings is 1. The minimum absolute atomic E-state index is 0.000870. The van der Waals surface area contributed by atoms with Crippen LogP contribution in [0.4, 0.5) is 4.39 Å². The first kappa shape index (κ1) is 12.3. The zero-order valence-corrected chi connectivity index (χ0v) is 9.95. The monoisotopic (exact) mass is 257 g/mol. The van der Waals surface area contributed by atoms with Gasteiger partial charge >= 0.3 is 0 Å². The number of amides is 1. The van der Waals surface area contributed by atoms with Crippen LogP contribution >= 0.6 is 11.6 Å². The molecule has 0 bridgehead atoms. The summed E-state index contributed by atoms with van der Waals surface area (Å²) in [7, 11) is 0. The normalized spacial score (nSPS) is 20.1. The van der Waals surface area contributed by atoms with Gasteiger partial charge in [-0.3, -0.25) is 4.79 Å². The van der Waals surface area contributed by atoms with Crippen LogP contribution in [0.3, 0.4) is 0 Å². The average Bonchev–Trinajstić information content (AvgIpc) is 2.65. The summed E-state index contributed by atoms with van der Waals surface area (Å²) in [6.45, 7) is 0.799. The minimum Gasteiger partial charge on any atom is -0.396 e. The lowest BCUT2D eigenvalue weighted by molar-refractivity contribution is -0.128. The van der Waals surface area contributed by atoms with E-state index in [0.29, 0.717) is 30.1 Å². The summed E-state index contributed by atoms with van der Waals surface area (Å²) in [6, 6.07) is 4.10. The maximum Gasteiger partial charge on any atom is 0.223 e. The summed E-state index contributed by atoms with van der Waals surface area (Å²) in [5.74, 6) is -0.408. The Morgan fingerprint density at radius 3 is 2.94 bits per heavy atom. The Labute approximate surface area is 104 Å². The zero-order valence-electron chi connectivity index (χ0n) is 9.20. The number of halogens is 2. The molecule has 0 radical (unpaired) electrons. The van der Waals surface area contributed by atoms with Crippen molar-refractivity contribution in [3.8, 4) is 0 Å². The summed E-state index contributed by atoms with van der Waals surface area (Å²) in [5.41, 5.74) is 0.596. The van der Waals surface area contributed by atoms with Crippen molar-refractivity contribution in [1.29, 1.82) is 0 Å². The van der Waals surface area contributed by atoms with Crippen molar-refractivity contribution < 1.29 is 14.3 Å². The van der Waals surface area contributed by atoms with Crippen molar-refractivity contribution >= 4 is 17.5 Å². The van der Waals surface area contributed by atoms with Crippen molar-refractivity contribution in [2.75, 3.05) is 13.2 Å². The smallest absolute Gasteiger partial charge is 0.223 e. The number of likely N-dealkylation sites (tertiary alicyclic amines) is 1. The number of carbonyl (C=O) groups is 1. The molecule has 3 nitrogen and oxygen atoms in total. The van der Waals surface area contributed by atoms with Gasteiger partial charge in [0.05, 0.1) is 0 Å².